The molecule has 0 aromatic heterocycles. The van der Waals surface area contributed by atoms with Gasteiger partial charge >= 0.3 is 5.97 Å². The van der Waals surface area contributed by atoms with Crippen LogP contribution in [0.3, 0.4) is 0 Å². The van der Waals surface area contributed by atoms with Gasteiger partial charge < -0.3 is 14.2 Å². The average molecular weight is 448 g/mol. The Morgan fingerprint density at radius 2 is 1.33 bits per heavy atom. The number of methoxy groups -OCH3 is 2. The van der Waals surface area contributed by atoms with Gasteiger partial charge in [0, 0.05) is 12.6 Å². The molecule has 0 fully saturated rings. The molecule has 0 amide bonds. The number of likely N-dealkylation sites (N-methyl/N-ethyl adjacent to an activating group) is 1. The van der Waals surface area contributed by atoms with Crippen LogP contribution in [-0.4, -0.2) is 44.7 Å². The normalized spacial score (nSPS) is 12.1. The van der Waals surface area contributed by atoms with Crippen LogP contribution in [0, 0.1) is 0 Å². The second-order valence-corrected chi connectivity index (χ2v) is 8.33. The highest BCUT2D eigenvalue weighted by molar-refractivity contribution is 5.82. The zero-order valence-corrected chi connectivity index (χ0v) is 20.0. The van der Waals surface area contributed by atoms with E-state index in [1.54, 1.807) is 14.2 Å². The lowest BCUT2D eigenvalue weighted by Crippen LogP contribution is -2.33. The van der Waals surface area contributed by atoms with Crippen LogP contribution in [0.4, 0.5) is 0 Å². The van der Waals surface area contributed by atoms with Crippen LogP contribution in [0.25, 0.3) is 0 Å². The molecule has 0 saturated carbocycles. The van der Waals surface area contributed by atoms with E-state index in [2.05, 4.69) is 18.7 Å². The van der Waals surface area contributed by atoms with E-state index in [1.807, 2.05) is 85.9 Å². The first-order valence-corrected chi connectivity index (χ1v) is 11.2. The molecule has 5 heteroatoms. The molecule has 1 unspecified atom stereocenters. The van der Waals surface area contributed by atoms with Gasteiger partial charge in [-0.25, -0.2) is 0 Å². The second kappa shape index (κ2) is 11.5. The first-order valence-electron chi connectivity index (χ1n) is 11.2. The standard InChI is InChI=1S/C28H33NO4/c1-20(2)29(3)19-26(23-16-17-24(31-4)25(18-23)32-5)33-28(30)27(21-12-8-6-9-13-21)22-14-10-7-11-15-22/h6-18,20,26-27H,19H2,1-5H3. The number of hydrogen-bond donors (Lipinski definition) is 0. The lowest BCUT2D eigenvalue weighted by Gasteiger charge is -2.29. The smallest absolute Gasteiger partial charge is 0.318 e. The molecule has 3 aromatic rings. The summed E-state index contributed by atoms with van der Waals surface area (Å²) in [5.74, 6) is 0.435. The molecule has 0 N–H and O–H groups in total. The molecule has 3 aromatic carbocycles. The maximum atomic E-state index is 13.7. The Bertz CT molecular complexity index is 981. The summed E-state index contributed by atoms with van der Waals surface area (Å²) in [7, 11) is 5.23. The Morgan fingerprint density at radius 3 is 1.82 bits per heavy atom. The van der Waals surface area contributed by atoms with Crippen LogP contribution < -0.4 is 9.47 Å². The molecule has 0 radical (unpaired) electrons. The van der Waals surface area contributed by atoms with Crippen LogP contribution in [0.2, 0.25) is 0 Å². The quantitative estimate of drug-likeness (QED) is 0.386. The van der Waals surface area contributed by atoms with Gasteiger partial charge in [-0.15, -0.1) is 0 Å². The summed E-state index contributed by atoms with van der Waals surface area (Å²) >= 11 is 0. The first-order chi connectivity index (χ1) is 15.9. The van der Waals surface area contributed by atoms with Crippen molar-refractivity contribution in [3.63, 3.8) is 0 Å². The molecule has 33 heavy (non-hydrogen) atoms. The number of carbonyl (C=O) groups excluding carboxylic acids is 1. The van der Waals surface area contributed by atoms with Gasteiger partial charge in [0.1, 0.15) is 12.0 Å². The van der Waals surface area contributed by atoms with Crippen molar-refractivity contribution < 1.29 is 19.0 Å². The zero-order chi connectivity index (χ0) is 23.8. The molecule has 3 rings (SSSR count). The van der Waals surface area contributed by atoms with Gasteiger partial charge in [-0.05, 0) is 49.7 Å². The highest BCUT2D eigenvalue weighted by Gasteiger charge is 2.29. The van der Waals surface area contributed by atoms with Crippen molar-refractivity contribution in [1.82, 2.24) is 4.90 Å². The van der Waals surface area contributed by atoms with Gasteiger partial charge in [-0.3, -0.25) is 9.69 Å². The summed E-state index contributed by atoms with van der Waals surface area (Å²) in [6.45, 7) is 4.78. The molecule has 0 aliphatic carbocycles. The number of carbonyl (C=O) groups is 1. The molecular weight excluding hydrogens is 414 g/mol. The number of rotatable bonds is 10. The number of hydrogen-bond acceptors (Lipinski definition) is 5. The zero-order valence-electron chi connectivity index (χ0n) is 20.0. The third kappa shape index (κ3) is 6.14. The van der Waals surface area contributed by atoms with Crippen LogP contribution in [0.1, 0.15) is 42.6 Å². The molecule has 5 nitrogen and oxygen atoms in total. The minimum absolute atomic E-state index is 0.288. The van der Waals surface area contributed by atoms with Gasteiger partial charge in [0.2, 0.25) is 0 Å². The predicted octanol–water partition coefficient (Wildman–Crippen LogP) is 5.46. The molecule has 0 saturated heterocycles. The molecule has 1 atom stereocenters. The van der Waals surface area contributed by atoms with Crippen molar-refractivity contribution in [3.8, 4) is 11.5 Å². The van der Waals surface area contributed by atoms with Crippen molar-refractivity contribution in [2.75, 3.05) is 27.8 Å². The summed E-state index contributed by atoms with van der Waals surface area (Å²) in [5.41, 5.74) is 2.65. The lowest BCUT2D eigenvalue weighted by atomic mass is 9.91. The van der Waals surface area contributed by atoms with Gasteiger partial charge in [0.05, 0.1) is 14.2 Å². The Labute approximate surface area is 196 Å². The van der Waals surface area contributed by atoms with E-state index in [0.29, 0.717) is 24.1 Å². The molecule has 174 valence electrons. The van der Waals surface area contributed by atoms with Crippen molar-refractivity contribution >= 4 is 5.97 Å². The largest absolute Gasteiger partial charge is 0.493 e. The third-order valence-corrected chi connectivity index (χ3v) is 5.87. The molecule has 0 aliphatic rings. The fourth-order valence-electron chi connectivity index (χ4n) is 3.70. The van der Waals surface area contributed by atoms with E-state index in [1.165, 1.54) is 0 Å². The van der Waals surface area contributed by atoms with Gasteiger partial charge in [-0.1, -0.05) is 66.7 Å². The molecule has 0 aliphatic heterocycles. The minimum Gasteiger partial charge on any atom is -0.493 e. The Balaban J connectivity index is 1.97. The Hall–Kier alpha value is -3.31. The monoisotopic (exact) mass is 447 g/mol. The fourth-order valence-corrected chi connectivity index (χ4v) is 3.70. The van der Waals surface area contributed by atoms with Crippen LogP contribution in [0.15, 0.2) is 78.9 Å². The number of nitrogens with zero attached hydrogens (tertiary/aromatic N) is 1. The first kappa shape index (κ1) is 24.3. The van der Waals surface area contributed by atoms with Gasteiger partial charge in [-0.2, -0.15) is 0 Å². The lowest BCUT2D eigenvalue weighted by molar-refractivity contribution is -0.151. The molecule has 0 bridgehead atoms. The van der Waals surface area contributed by atoms with Gasteiger partial charge in [0.15, 0.2) is 11.5 Å². The van der Waals surface area contributed by atoms with Crippen molar-refractivity contribution in [1.29, 1.82) is 0 Å². The topological polar surface area (TPSA) is 48.0 Å². The predicted molar refractivity (Wildman–Crippen MR) is 131 cm³/mol. The maximum absolute atomic E-state index is 13.7. The van der Waals surface area contributed by atoms with E-state index in [-0.39, 0.29) is 5.97 Å². The maximum Gasteiger partial charge on any atom is 0.318 e. The van der Waals surface area contributed by atoms with E-state index in [9.17, 15) is 4.79 Å². The van der Waals surface area contributed by atoms with E-state index in [0.717, 1.165) is 16.7 Å². The van der Waals surface area contributed by atoms with E-state index in [4.69, 9.17) is 14.2 Å². The van der Waals surface area contributed by atoms with Gasteiger partial charge in [0.25, 0.3) is 0 Å². The van der Waals surface area contributed by atoms with Crippen molar-refractivity contribution in [2.45, 2.75) is 31.9 Å². The molecular formula is C28H33NO4. The highest BCUT2D eigenvalue weighted by Crippen LogP contribution is 2.34. The third-order valence-electron chi connectivity index (χ3n) is 5.87. The van der Waals surface area contributed by atoms with Crippen molar-refractivity contribution in [3.05, 3.63) is 95.6 Å². The molecule has 0 spiro atoms. The number of ether oxygens (including phenoxy) is 3. The van der Waals surface area contributed by atoms with Crippen LogP contribution in [0.5, 0.6) is 11.5 Å². The summed E-state index contributed by atoms with van der Waals surface area (Å²) < 4.78 is 17.1. The minimum atomic E-state index is -0.514. The Kier molecular flexibility index (Phi) is 8.50. The van der Waals surface area contributed by atoms with Crippen LogP contribution in [-0.2, 0) is 9.53 Å². The highest BCUT2D eigenvalue weighted by atomic mass is 16.5. The Morgan fingerprint density at radius 1 is 0.788 bits per heavy atom. The number of esters is 1. The van der Waals surface area contributed by atoms with Crippen molar-refractivity contribution in [2.24, 2.45) is 0 Å². The second-order valence-electron chi connectivity index (χ2n) is 8.33. The summed E-state index contributed by atoms with van der Waals surface area (Å²) in [6.07, 6.45) is -0.473. The van der Waals surface area contributed by atoms with E-state index < -0.39 is 12.0 Å². The van der Waals surface area contributed by atoms with Crippen LogP contribution >= 0.6 is 0 Å². The average Bonchev–Trinajstić information content (AvgIpc) is 2.84. The summed E-state index contributed by atoms with van der Waals surface area (Å²) in [4.78, 5) is 15.8. The fraction of sp³-hybridized carbons (Fsp3) is 0.321. The summed E-state index contributed by atoms with van der Waals surface area (Å²) in [6, 6.07) is 25.5. The molecule has 0 heterocycles. The SMILES string of the molecule is COc1ccc(C(CN(C)C(C)C)OC(=O)C(c2ccccc2)c2ccccc2)cc1OC. The number of benzene rings is 3. The van der Waals surface area contributed by atoms with E-state index >= 15 is 0 Å². The summed E-state index contributed by atoms with van der Waals surface area (Å²) in [5, 5.41) is 0.